The summed E-state index contributed by atoms with van der Waals surface area (Å²) in [5.74, 6) is 1.34. The Balaban J connectivity index is 1.52. The number of nitrogens with one attached hydrogen (secondary N) is 1. The van der Waals surface area contributed by atoms with Crippen molar-refractivity contribution in [1.82, 2.24) is 15.1 Å². The van der Waals surface area contributed by atoms with Crippen molar-refractivity contribution in [3.63, 3.8) is 0 Å². The normalized spacial score (nSPS) is 20.0. The van der Waals surface area contributed by atoms with Crippen molar-refractivity contribution < 1.29 is 9.53 Å². The number of nitrogens with zero attached hydrogens (tertiary/aromatic N) is 2. The van der Waals surface area contributed by atoms with E-state index in [1.165, 1.54) is 0 Å². The fourth-order valence-electron chi connectivity index (χ4n) is 3.74. The predicted molar refractivity (Wildman–Crippen MR) is 103 cm³/mol. The lowest BCUT2D eigenvalue weighted by atomic mass is 9.85. The third-order valence-corrected chi connectivity index (χ3v) is 5.42. The molecule has 1 amide bonds. The van der Waals surface area contributed by atoms with Crippen molar-refractivity contribution >= 4 is 5.91 Å². The van der Waals surface area contributed by atoms with E-state index in [4.69, 9.17) is 4.74 Å². The molecule has 1 aromatic heterocycles. The molecule has 0 bridgehead atoms. The lowest BCUT2D eigenvalue weighted by Crippen LogP contribution is -2.38. The SMILES string of the molecule is COc1cc(C)n(CC2CCC(NC(=O)c3cc(C)ccc3C)CC2)n1. The van der Waals surface area contributed by atoms with Crippen molar-refractivity contribution in [2.24, 2.45) is 5.92 Å². The van der Waals surface area contributed by atoms with Crippen molar-refractivity contribution in [3.05, 3.63) is 46.6 Å². The first-order chi connectivity index (χ1) is 12.5. The summed E-state index contributed by atoms with van der Waals surface area (Å²) in [4.78, 5) is 12.6. The first kappa shape index (κ1) is 18.5. The summed E-state index contributed by atoms with van der Waals surface area (Å²) >= 11 is 0. The van der Waals surface area contributed by atoms with Crippen molar-refractivity contribution in [2.45, 2.75) is 59.0 Å². The smallest absolute Gasteiger partial charge is 0.251 e. The van der Waals surface area contributed by atoms with E-state index >= 15 is 0 Å². The number of hydrogen-bond acceptors (Lipinski definition) is 3. The molecule has 5 heteroatoms. The van der Waals surface area contributed by atoms with E-state index in [1.807, 2.05) is 42.8 Å². The molecule has 1 aromatic carbocycles. The van der Waals surface area contributed by atoms with Gasteiger partial charge in [-0.2, -0.15) is 0 Å². The minimum absolute atomic E-state index is 0.0577. The van der Waals surface area contributed by atoms with Crippen LogP contribution in [0, 0.1) is 26.7 Å². The lowest BCUT2D eigenvalue weighted by Gasteiger charge is -2.29. The van der Waals surface area contributed by atoms with Crippen LogP contribution in [0.4, 0.5) is 0 Å². The molecule has 1 fully saturated rings. The average molecular weight is 355 g/mol. The molecule has 140 valence electrons. The molecule has 0 radical (unpaired) electrons. The largest absolute Gasteiger partial charge is 0.480 e. The molecule has 2 aromatic rings. The molecule has 1 N–H and O–H groups in total. The second kappa shape index (κ2) is 7.94. The Labute approximate surface area is 155 Å². The highest BCUT2D eigenvalue weighted by atomic mass is 16.5. The molecule has 26 heavy (non-hydrogen) atoms. The molecule has 0 saturated heterocycles. The van der Waals surface area contributed by atoms with Crippen LogP contribution in [0.3, 0.4) is 0 Å². The maximum atomic E-state index is 12.6. The van der Waals surface area contributed by atoms with E-state index in [-0.39, 0.29) is 11.9 Å². The van der Waals surface area contributed by atoms with Crippen LogP contribution in [0.1, 0.15) is 52.9 Å². The Kier molecular flexibility index (Phi) is 5.64. The second-order valence-corrected chi connectivity index (χ2v) is 7.52. The number of amides is 1. The molecule has 0 unspecified atom stereocenters. The third-order valence-electron chi connectivity index (χ3n) is 5.42. The molecule has 1 aliphatic carbocycles. The molecule has 0 spiro atoms. The van der Waals surface area contributed by atoms with Gasteiger partial charge in [-0.25, -0.2) is 0 Å². The number of aromatic nitrogens is 2. The number of carbonyl (C=O) groups is 1. The topological polar surface area (TPSA) is 56.1 Å². The van der Waals surface area contributed by atoms with Crippen LogP contribution in [0.2, 0.25) is 0 Å². The number of hydrogen-bond donors (Lipinski definition) is 1. The number of methoxy groups -OCH3 is 1. The summed E-state index contributed by atoms with van der Waals surface area (Å²) in [7, 11) is 1.65. The summed E-state index contributed by atoms with van der Waals surface area (Å²) in [6.07, 6.45) is 4.27. The van der Waals surface area contributed by atoms with Crippen LogP contribution < -0.4 is 10.1 Å². The van der Waals surface area contributed by atoms with Gasteiger partial charge in [0.2, 0.25) is 5.88 Å². The van der Waals surface area contributed by atoms with Gasteiger partial charge in [-0.3, -0.25) is 9.48 Å². The van der Waals surface area contributed by atoms with E-state index < -0.39 is 0 Å². The van der Waals surface area contributed by atoms with Crippen LogP contribution in [-0.4, -0.2) is 28.8 Å². The third kappa shape index (κ3) is 4.26. The van der Waals surface area contributed by atoms with Gasteiger partial charge >= 0.3 is 0 Å². The zero-order valence-corrected chi connectivity index (χ0v) is 16.2. The molecule has 1 saturated carbocycles. The summed E-state index contributed by atoms with van der Waals surface area (Å²) in [5.41, 5.74) is 4.08. The summed E-state index contributed by atoms with van der Waals surface area (Å²) < 4.78 is 7.25. The van der Waals surface area contributed by atoms with E-state index in [2.05, 4.69) is 17.3 Å². The number of carbonyl (C=O) groups excluding carboxylic acids is 1. The van der Waals surface area contributed by atoms with Crippen LogP contribution in [0.25, 0.3) is 0 Å². The number of ether oxygens (including phenoxy) is 1. The van der Waals surface area contributed by atoms with Crippen LogP contribution in [0.15, 0.2) is 24.3 Å². The molecular weight excluding hydrogens is 326 g/mol. The van der Waals surface area contributed by atoms with Gasteiger partial charge in [-0.05, 0) is 64.0 Å². The van der Waals surface area contributed by atoms with E-state index in [0.717, 1.165) is 54.6 Å². The molecule has 0 atom stereocenters. The Morgan fingerprint density at radius 2 is 1.92 bits per heavy atom. The fourth-order valence-corrected chi connectivity index (χ4v) is 3.74. The fraction of sp³-hybridized carbons (Fsp3) is 0.524. The van der Waals surface area contributed by atoms with Crippen LogP contribution >= 0.6 is 0 Å². The number of aryl methyl sites for hydroxylation is 3. The zero-order valence-electron chi connectivity index (χ0n) is 16.2. The monoisotopic (exact) mass is 355 g/mol. The van der Waals surface area contributed by atoms with Gasteiger partial charge in [0.05, 0.1) is 7.11 Å². The van der Waals surface area contributed by atoms with Gasteiger partial charge in [0.1, 0.15) is 0 Å². The minimum atomic E-state index is 0.0577. The van der Waals surface area contributed by atoms with Gasteiger partial charge in [-0.15, -0.1) is 5.10 Å². The summed E-state index contributed by atoms with van der Waals surface area (Å²) in [6.45, 7) is 7.00. The van der Waals surface area contributed by atoms with Gasteiger partial charge < -0.3 is 10.1 Å². The number of rotatable bonds is 5. The Bertz CT molecular complexity index is 774. The maximum absolute atomic E-state index is 12.6. The highest BCUT2D eigenvalue weighted by molar-refractivity contribution is 5.96. The molecule has 0 aliphatic heterocycles. The minimum Gasteiger partial charge on any atom is -0.480 e. The second-order valence-electron chi connectivity index (χ2n) is 7.52. The van der Waals surface area contributed by atoms with Gasteiger partial charge in [0.15, 0.2) is 0 Å². The Morgan fingerprint density at radius 1 is 1.19 bits per heavy atom. The lowest BCUT2D eigenvalue weighted by molar-refractivity contribution is 0.0919. The predicted octanol–water partition coefficient (Wildman–Crippen LogP) is 3.81. The molecule has 1 heterocycles. The first-order valence-electron chi connectivity index (χ1n) is 9.43. The summed E-state index contributed by atoms with van der Waals surface area (Å²) in [5, 5.41) is 7.70. The van der Waals surface area contributed by atoms with Gasteiger partial charge in [0.25, 0.3) is 5.91 Å². The standard InChI is InChI=1S/C21H29N3O2/c1-14-5-6-15(2)19(11-14)21(25)22-18-9-7-17(8-10-18)13-24-16(3)12-20(23-24)26-4/h5-6,11-12,17-18H,7-10,13H2,1-4H3,(H,22,25). The zero-order chi connectivity index (χ0) is 18.7. The van der Waals surface area contributed by atoms with Gasteiger partial charge in [-0.1, -0.05) is 17.7 Å². The first-order valence-corrected chi connectivity index (χ1v) is 9.43. The van der Waals surface area contributed by atoms with E-state index in [0.29, 0.717) is 11.8 Å². The van der Waals surface area contributed by atoms with Crippen molar-refractivity contribution in [1.29, 1.82) is 0 Å². The highest BCUT2D eigenvalue weighted by Crippen LogP contribution is 2.27. The number of benzene rings is 1. The molecule has 3 rings (SSSR count). The molecule has 5 nitrogen and oxygen atoms in total. The average Bonchev–Trinajstić information content (AvgIpc) is 2.98. The highest BCUT2D eigenvalue weighted by Gasteiger charge is 2.24. The quantitative estimate of drug-likeness (QED) is 0.887. The van der Waals surface area contributed by atoms with E-state index in [1.54, 1.807) is 7.11 Å². The Hall–Kier alpha value is -2.30. The Morgan fingerprint density at radius 3 is 2.58 bits per heavy atom. The molecular formula is C21H29N3O2. The van der Waals surface area contributed by atoms with Crippen molar-refractivity contribution in [2.75, 3.05) is 7.11 Å². The van der Waals surface area contributed by atoms with E-state index in [9.17, 15) is 4.79 Å². The van der Waals surface area contributed by atoms with Crippen molar-refractivity contribution in [3.8, 4) is 5.88 Å². The summed E-state index contributed by atoms with van der Waals surface area (Å²) in [6, 6.07) is 8.28. The maximum Gasteiger partial charge on any atom is 0.251 e. The van der Waals surface area contributed by atoms with Gasteiger partial charge in [0, 0.05) is 29.9 Å². The molecule has 1 aliphatic rings. The van der Waals surface area contributed by atoms with Crippen LogP contribution in [0.5, 0.6) is 5.88 Å². The van der Waals surface area contributed by atoms with Crippen LogP contribution in [-0.2, 0) is 6.54 Å².